The van der Waals surface area contributed by atoms with E-state index < -0.39 is 7.12 Å². The number of hydrogen-bond donors (Lipinski definition) is 2. The predicted molar refractivity (Wildman–Crippen MR) is 67.4 cm³/mol. The van der Waals surface area contributed by atoms with E-state index in [0.29, 0.717) is 17.9 Å². The van der Waals surface area contributed by atoms with Crippen LogP contribution in [-0.4, -0.2) is 28.8 Å². The summed E-state index contributed by atoms with van der Waals surface area (Å²) in [5, 5.41) is 19.5. The van der Waals surface area contributed by atoms with E-state index in [1.54, 1.807) is 6.07 Å². The van der Waals surface area contributed by atoms with Crippen molar-refractivity contribution in [2.45, 2.75) is 13.3 Å². The van der Waals surface area contributed by atoms with Crippen molar-refractivity contribution in [3.8, 4) is 5.88 Å². The SMILES string of the molecule is CCCOc1nc2ccccc2cc1B(O)O. The summed E-state index contributed by atoms with van der Waals surface area (Å²) in [6.07, 6.45) is 0.843. The first-order valence-corrected chi connectivity index (χ1v) is 5.61. The van der Waals surface area contributed by atoms with Crippen molar-refractivity contribution in [3.63, 3.8) is 0 Å². The van der Waals surface area contributed by atoms with E-state index in [9.17, 15) is 10.0 Å². The molecule has 5 heteroatoms. The minimum atomic E-state index is -1.57. The van der Waals surface area contributed by atoms with Gasteiger partial charge in [0.05, 0.1) is 12.1 Å². The average molecular weight is 231 g/mol. The third kappa shape index (κ3) is 2.57. The monoisotopic (exact) mass is 231 g/mol. The fourth-order valence-corrected chi connectivity index (χ4v) is 1.61. The molecule has 17 heavy (non-hydrogen) atoms. The highest BCUT2D eigenvalue weighted by Crippen LogP contribution is 2.15. The fourth-order valence-electron chi connectivity index (χ4n) is 1.61. The molecule has 0 amide bonds. The molecule has 0 aliphatic rings. The minimum Gasteiger partial charge on any atom is -0.478 e. The van der Waals surface area contributed by atoms with E-state index in [2.05, 4.69) is 4.98 Å². The molecule has 2 N–H and O–H groups in total. The summed E-state index contributed by atoms with van der Waals surface area (Å²) in [5.41, 5.74) is 1.08. The zero-order valence-electron chi connectivity index (χ0n) is 9.63. The van der Waals surface area contributed by atoms with E-state index in [1.165, 1.54) is 0 Å². The number of nitrogens with zero attached hydrogens (tertiary/aromatic N) is 1. The molecular formula is C12H14BNO3. The summed E-state index contributed by atoms with van der Waals surface area (Å²) in [5.74, 6) is 0.292. The maximum atomic E-state index is 9.30. The Kier molecular flexibility index (Phi) is 3.61. The number of ether oxygens (including phenoxy) is 1. The highest BCUT2D eigenvalue weighted by Gasteiger charge is 2.19. The van der Waals surface area contributed by atoms with Gasteiger partial charge in [-0.15, -0.1) is 0 Å². The molecule has 4 nitrogen and oxygen atoms in total. The normalized spacial score (nSPS) is 10.5. The van der Waals surface area contributed by atoms with Crippen LogP contribution in [-0.2, 0) is 0 Å². The van der Waals surface area contributed by atoms with Gasteiger partial charge in [0.1, 0.15) is 0 Å². The number of hydrogen-bond acceptors (Lipinski definition) is 4. The molecule has 0 radical (unpaired) electrons. The summed E-state index contributed by atoms with van der Waals surface area (Å²) in [4.78, 5) is 4.29. The number of para-hydroxylation sites is 1. The van der Waals surface area contributed by atoms with E-state index in [4.69, 9.17) is 4.74 Å². The number of aromatic nitrogens is 1. The van der Waals surface area contributed by atoms with Crippen LogP contribution in [0.1, 0.15) is 13.3 Å². The Bertz CT molecular complexity index is 516. The second-order valence-corrected chi connectivity index (χ2v) is 3.80. The van der Waals surface area contributed by atoms with Crippen LogP contribution in [0.2, 0.25) is 0 Å². The van der Waals surface area contributed by atoms with Gasteiger partial charge in [0.2, 0.25) is 5.88 Å². The van der Waals surface area contributed by atoms with Crippen molar-refractivity contribution < 1.29 is 14.8 Å². The Balaban J connectivity index is 2.50. The van der Waals surface area contributed by atoms with E-state index in [-0.39, 0.29) is 0 Å². The van der Waals surface area contributed by atoms with Crippen LogP contribution in [0.4, 0.5) is 0 Å². The molecule has 0 aliphatic carbocycles. The molecule has 0 fully saturated rings. The summed E-state index contributed by atoms with van der Waals surface area (Å²) in [7, 11) is -1.57. The van der Waals surface area contributed by atoms with Crippen LogP contribution >= 0.6 is 0 Å². The lowest BCUT2D eigenvalue weighted by atomic mass is 9.80. The predicted octanol–water partition coefficient (Wildman–Crippen LogP) is 0.703. The van der Waals surface area contributed by atoms with Gasteiger partial charge < -0.3 is 14.8 Å². The lowest BCUT2D eigenvalue weighted by Crippen LogP contribution is -2.32. The highest BCUT2D eigenvalue weighted by molar-refractivity contribution is 6.59. The van der Waals surface area contributed by atoms with Crippen LogP contribution in [0.5, 0.6) is 5.88 Å². The summed E-state index contributed by atoms with van der Waals surface area (Å²) >= 11 is 0. The molecule has 0 saturated heterocycles. The van der Waals surface area contributed by atoms with Gasteiger partial charge in [0, 0.05) is 10.8 Å². The number of pyridine rings is 1. The lowest BCUT2D eigenvalue weighted by Gasteiger charge is -2.10. The molecule has 0 spiro atoms. The lowest BCUT2D eigenvalue weighted by molar-refractivity contribution is 0.307. The number of rotatable bonds is 4. The summed E-state index contributed by atoms with van der Waals surface area (Å²) < 4.78 is 5.42. The van der Waals surface area contributed by atoms with Gasteiger partial charge in [-0.3, -0.25) is 0 Å². The van der Waals surface area contributed by atoms with E-state index in [0.717, 1.165) is 17.3 Å². The number of benzene rings is 1. The quantitative estimate of drug-likeness (QED) is 0.760. The molecule has 0 unspecified atom stereocenters. The van der Waals surface area contributed by atoms with Gasteiger partial charge in [-0.25, -0.2) is 4.98 Å². The largest absolute Gasteiger partial charge is 0.494 e. The van der Waals surface area contributed by atoms with Gasteiger partial charge >= 0.3 is 7.12 Å². The van der Waals surface area contributed by atoms with Crippen LogP contribution < -0.4 is 10.2 Å². The molecular weight excluding hydrogens is 217 g/mol. The Morgan fingerprint density at radius 1 is 1.29 bits per heavy atom. The third-order valence-electron chi connectivity index (χ3n) is 2.44. The highest BCUT2D eigenvalue weighted by atomic mass is 16.5. The molecule has 2 aromatic rings. The zero-order chi connectivity index (χ0) is 12.3. The standard InChI is InChI=1S/C12H14BNO3/c1-2-7-17-12-10(13(15)16)8-9-5-3-4-6-11(9)14-12/h3-6,8,15-16H,2,7H2,1H3. The van der Waals surface area contributed by atoms with Crippen molar-refractivity contribution >= 4 is 23.5 Å². The molecule has 1 heterocycles. The Labute approximate surface area is 100 Å². The molecule has 88 valence electrons. The molecule has 1 aromatic heterocycles. The first kappa shape index (κ1) is 11.9. The summed E-state index contributed by atoms with van der Waals surface area (Å²) in [6.45, 7) is 2.49. The molecule has 1 aromatic carbocycles. The first-order valence-electron chi connectivity index (χ1n) is 5.61. The van der Waals surface area contributed by atoms with Crippen LogP contribution in [0.25, 0.3) is 10.9 Å². The van der Waals surface area contributed by atoms with Crippen molar-refractivity contribution in [1.82, 2.24) is 4.98 Å². The Morgan fingerprint density at radius 2 is 2.06 bits per heavy atom. The van der Waals surface area contributed by atoms with Crippen molar-refractivity contribution in [3.05, 3.63) is 30.3 Å². The van der Waals surface area contributed by atoms with Gasteiger partial charge in [-0.1, -0.05) is 25.1 Å². The van der Waals surface area contributed by atoms with Gasteiger partial charge in [-0.2, -0.15) is 0 Å². The zero-order valence-corrected chi connectivity index (χ0v) is 9.63. The van der Waals surface area contributed by atoms with Crippen molar-refractivity contribution in [2.75, 3.05) is 6.61 Å². The molecule has 0 atom stereocenters. The maximum absolute atomic E-state index is 9.30. The molecule has 0 aliphatic heterocycles. The van der Waals surface area contributed by atoms with Gasteiger partial charge in [0.15, 0.2) is 0 Å². The van der Waals surface area contributed by atoms with Crippen LogP contribution in [0.15, 0.2) is 30.3 Å². The Hall–Kier alpha value is -1.59. The van der Waals surface area contributed by atoms with Crippen molar-refractivity contribution in [1.29, 1.82) is 0 Å². The second kappa shape index (κ2) is 5.16. The Morgan fingerprint density at radius 3 is 2.76 bits per heavy atom. The summed E-state index contributed by atoms with van der Waals surface area (Å²) in [6, 6.07) is 9.19. The molecule has 2 rings (SSSR count). The smallest absolute Gasteiger partial charge is 0.478 e. The maximum Gasteiger partial charge on any atom is 0.494 e. The third-order valence-corrected chi connectivity index (χ3v) is 2.44. The van der Waals surface area contributed by atoms with Crippen molar-refractivity contribution in [2.24, 2.45) is 0 Å². The fraction of sp³-hybridized carbons (Fsp3) is 0.250. The van der Waals surface area contributed by atoms with E-state index in [1.807, 2.05) is 31.2 Å². The van der Waals surface area contributed by atoms with Crippen LogP contribution in [0.3, 0.4) is 0 Å². The molecule has 0 bridgehead atoms. The van der Waals surface area contributed by atoms with Gasteiger partial charge in [0.25, 0.3) is 0 Å². The second-order valence-electron chi connectivity index (χ2n) is 3.80. The average Bonchev–Trinajstić information content (AvgIpc) is 2.35. The topological polar surface area (TPSA) is 62.6 Å². The van der Waals surface area contributed by atoms with Crippen LogP contribution in [0, 0.1) is 0 Å². The first-order chi connectivity index (χ1) is 8.22. The number of fused-ring (bicyclic) bond motifs is 1. The minimum absolute atomic E-state index is 0.292. The molecule has 0 saturated carbocycles. The van der Waals surface area contributed by atoms with E-state index >= 15 is 0 Å². The van der Waals surface area contributed by atoms with Gasteiger partial charge in [-0.05, 0) is 18.6 Å².